The van der Waals surface area contributed by atoms with Gasteiger partial charge in [-0.1, -0.05) is 12.1 Å². The molecular weight excluding hydrogens is 366 g/mol. The number of nitrogen functional groups attached to an aromatic ring is 1. The van der Waals surface area contributed by atoms with Gasteiger partial charge < -0.3 is 15.8 Å². The lowest BCUT2D eigenvalue weighted by Crippen LogP contribution is -2.31. The third kappa shape index (κ3) is 4.17. The first kappa shape index (κ1) is 18.5. The molecule has 0 radical (unpaired) electrons. The van der Waals surface area contributed by atoms with Crippen LogP contribution in [0.1, 0.15) is 5.56 Å². The van der Waals surface area contributed by atoms with E-state index in [4.69, 9.17) is 16.3 Å². The predicted octanol–water partition coefficient (Wildman–Crippen LogP) is 3.24. The fourth-order valence-electron chi connectivity index (χ4n) is 2.96. The minimum atomic E-state index is 0.451. The van der Waals surface area contributed by atoms with Gasteiger partial charge in [0.25, 0.3) is 0 Å². The summed E-state index contributed by atoms with van der Waals surface area (Å²) in [5.74, 6) is 8.68. The Bertz CT molecular complexity index is 1130. The molecule has 0 spiro atoms. The number of nitrogens with zero attached hydrogens (tertiary/aromatic N) is 4. The average molecular weight is 387 g/mol. The third-order valence-corrected chi connectivity index (χ3v) is 4.43. The maximum absolute atomic E-state index is 6.29. The Balaban J connectivity index is 1.53. The quantitative estimate of drug-likeness (QED) is 0.341. The Morgan fingerprint density at radius 1 is 1.03 bits per heavy atom. The van der Waals surface area contributed by atoms with Crippen LogP contribution in [0.4, 0.5) is 23.1 Å². The van der Waals surface area contributed by atoms with Crippen LogP contribution in [0.3, 0.4) is 0 Å². The zero-order valence-electron chi connectivity index (χ0n) is 15.9. The van der Waals surface area contributed by atoms with E-state index in [0.717, 1.165) is 16.5 Å². The number of anilines is 4. The smallest absolute Gasteiger partial charge is 0.168 e. The van der Waals surface area contributed by atoms with Crippen molar-refractivity contribution in [3.05, 3.63) is 72.6 Å². The van der Waals surface area contributed by atoms with Gasteiger partial charge in [0.1, 0.15) is 17.4 Å². The summed E-state index contributed by atoms with van der Waals surface area (Å²) in [6.45, 7) is 0.451. The second kappa shape index (κ2) is 7.99. The molecule has 0 amide bonds. The fourth-order valence-corrected chi connectivity index (χ4v) is 2.96. The molecule has 8 nitrogen and oxygen atoms in total. The van der Waals surface area contributed by atoms with Crippen molar-refractivity contribution in [2.75, 3.05) is 23.2 Å². The highest BCUT2D eigenvalue weighted by Crippen LogP contribution is 2.25. The molecule has 0 aliphatic rings. The van der Waals surface area contributed by atoms with Crippen molar-refractivity contribution in [3.8, 4) is 5.75 Å². The molecule has 0 aliphatic carbocycles. The predicted molar refractivity (Wildman–Crippen MR) is 115 cm³/mol. The molecule has 0 unspecified atom stereocenters. The number of nitrogens with one attached hydrogen (secondary N) is 1. The number of nitrogens with two attached hydrogens (primary N) is 2. The van der Waals surface area contributed by atoms with Crippen molar-refractivity contribution in [1.29, 1.82) is 0 Å². The first-order valence-electron chi connectivity index (χ1n) is 9.02. The van der Waals surface area contributed by atoms with Gasteiger partial charge in [-0.3, -0.25) is 9.99 Å². The summed E-state index contributed by atoms with van der Waals surface area (Å²) in [6, 6.07) is 17.1. The molecule has 0 bridgehead atoms. The maximum Gasteiger partial charge on any atom is 0.168 e. The Kier molecular flexibility index (Phi) is 5.08. The number of fused-ring (bicyclic) bond motifs is 1. The molecule has 0 aliphatic heterocycles. The molecule has 0 saturated heterocycles. The summed E-state index contributed by atoms with van der Waals surface area (Å²) in [4.78, 5) is 13.2. The van der Waals surface area contributed by atoms with Crippen LogP contribution in [0.5, 0.6) is 5.75 Å². The standard InChI is InChI=1S/C21H21N7O/c1-29-16-5-8-19(25-12-16)26-20-9-6-17(22)21(27-20)28(23)13-14-4-7-18-15(11-14)3-2-10-24-18/h2-12H,13,22-23H2,1H3,(H,25,26,27). The minimum absolute atomic E-state index is 0.451. The molecule has 8 heteroatoms. The van der Waals surface area contributed by atoms with Crippen LogP contribution in [-0.2, 0) is 6.54 Å². The van der Waals surface area contributed by atoms with Crippen molar-refractivity contribution in [2.24, 2.45) is 5.84 Å². The summed E-state index contributed by atoms with van der Waals surface area (Å²) >= 11 is 0. The highest BCUT2D eigenvalue weighted by molar-refractivity contribution is 5.79. The first-order valence-corrected chi connectivity index (χ1v) is 9.02. The summed E-state index contributed by atoms with van der Waals surface area (Å²) in [7, 11) is 1.60. The molecule has 146 valence electrons. The monoisotopic (exact) mass is 387 g/mol. The number of benzene rings is 1. The van der Waals surface area contributed by atoms with Crippen LogP contribution >= 0.6 is 0 Å². The molecule has 29 heavy (non-hydrogen) atoms. The largest absolute Gasteiger partial charge is 0.495 e. The van der Waals surface area contributed by atoms with Crippen molar-refractivity contribution < 1.29 is 4.74 Å². The molecule has 0 fully saturated rings. The minimum Gasteiger partial charge on any atom is -0.495 e. The molecule has 3 aromatic heterocycles. The number of pyridine rings is 3. The van der Waals surface area contributed by atoms with Crippen molar-refractivity contribution >= 4 is 34.0 Å². The van der Waals surface area contributed by atoms with Crippen LogP contribution in [0.15, 0.2) is 67.0 Å². The van der Waals surface area contributed by atoms with E-state index in [-0.39, 0.29) is 0 Å². The topological polar surface area (TPSA) is 115 Å². The molecule has 4 rings (SSSR count). The molecule has 4 aromatic rings. The van der Waals surface area contributed by atoms with Gasteiger partial charge in [-0.2, -0.15) is 0 Å². The van der Waals surface area contributed by atoms with E-state index in [0.29, 0.717) is 35.4 Å². The van der Waals surface area contributed by atoms with Gasteiger partial charge in [0, 0.05) is 11.6 Å². The number of aromatic nitrogens is 3. The lowest BCUT2D eigenvalue weighted by atomic mass is 10.1. The van der Waals surface area contributed by atoms with E-state index in [1.165, 1.54) is 5.01 Å². The van der Waals surface area contributed by atoms with E-state index < -0.39 is 0 Å². The van der Waals surface area contributed by atoms with Gasteiger partial charge in [0.2, 0.25) is 0 Å². The maximum atomic E-state index is 6.29. The number of hydrogen-bond donors (Lipinski definition) is 3. The van der Waals surface area contributed by atoms with Gasteiger partial charge in [-0.05, 0) is 48.0 Å². The van der Waals surface area contributed by atoms with Crippen molar-refractivity contribution in [3.63, 3.8) is 0 Å². The van der Waals surface area contributed by atoms with Crippen LogP contribution in [-0.4, -0.2) is 22.1 Å². The zero-order valence-corrected chi connectivity index (χ0v) is 15.9. The fraction of sp³-hybridized carbons (Fsp3) is 0.0952. The van der Waals surface area contributed by atoms with Crippen LogP contribution in [0, 0.1) is 0 Å². The lowest BCUT2D eigenvalue weighted by Gasteiger charge is -2.20. The Morgan fingerprint density at radius 3 is 2.69 bits per heavy atom. The Labute approximate surface area is 168 Å². The van der Waals surface area contributed by atoms with E-state index in [9.17, 15) is 0 Å². The number of hydrogen-bond acceptors (Lipinski definition) is 8. The van der Waals surface area contributed by atoms with Crippen LogP contribution in [0.2, 0.25) is 0 Å². The highest BCUT2D eigenvalue weighted by Gasteiger charge is 2.11. The van der Waals surface area contributed by atoms with E-state index in [1.807, 2.05) is 30.3 Å². The number of hydrazine groups is 1. The SMILES string of the molecule is COc1ccc(Nc2ccc(N)c(N(N)Cc3ccc4ncccc4c3)n2)nc1. The van der Waals surface area contributed by atoms with Crippen LogP contribution in [0.25, 0.3) is 10.9 Å². The second-order valence-corrected chi connectivity index (χ2v) is 6.48. The van der Waals surface area contributed by atoms with Crippen molar-refractivity contribution in [2.45, 2.75) is 6.54 Å². The highest BCUT2D eigenvalue weighted by atomic mass is 16.5. The van der Waals surface area contributed by atoms with E-state index >= 15 is 0 Å². The summed E-state index contributed by atoms with van der Waals surface area (Å²) in [6.07, 6.45) is 3.41. The second-order valence-electron chi connectivity index (χ2n) is 6.48. The summed E-state index contributed by atoms with van der Waals surface area (Å²) in [5.41, 5.74) is 8.57. The number of methoxy groups -OCH3 is 1. The molecular formula is C21H21N7O. The third-order valence-electron chi connectivity index (χ3n) is 4.43. The first-order chi connectivity index (χ1) is 14.1. The zero-order chi connectivity index (χ0) is 20.2. The molecule has 0 atom stereocenters. The lowest BCUT2D eigenvalue weighted by molar-refractivity contribution is 0.413. The van der Waals surface area contributed by atoms with Crippen molar-refractivity contribution in [1.82, 2.24) is 15.0 Å². The van der Waals surface area contributed by atoms with Gasteiger partial charge in [-0.25, -0.2) is 15.8 Å². The Morgan fingerprint density at radius 2 is 1.90 bits per heavy atom. The summed E-state index contributed by atoms with van der Waals surface area (Å²) in [5, 5.41) is 5.73. The average Bonchev–Trinajstić information content (AvgIpc) is 2.75. The van der Waals surface area contributed by atoms with E-state index in [1.54, 1.807) is 37.7 Å². The normalized spacial score (nSPS) is 10.7. The summed E-state index contributed by atoms with van der Waals surface area (Å²) < 4.78 is 5.12. The number of rotatable bonds is 6. The van der Waals surface area contributed by atoms with E-state index in [2.05, 4.69) is 26.3 Å². The van der Waals surface area contributed by atoms with Gasteiger partial charge >= 0.3 is 0 Å². The van der Waals surface area contributed by atoms with Gasteiger partial charge in [0.05, 0.1) is 31.1 Å². The van der Waals surface area contributed by atoms with Gasteiger partial charge in [0.15, 0.2) is 5.82 Å². The number of ether oxygens (including phenoxy) is 1. The Hall–Kier alpha value is -3.91. The van der Waals surface area contributed by atoms with Crippen LogP contribution < -0.4 is 26.6 Å². The van der Waals surface area contributed by atoms with Gasteiger partial charge in [-0.15, -0.1) is 0 Å². The molecule has 5 N–H and O–H groups in total. The molecule has 3 heterocycles. The molecule has 1 aromatic carbocycles. The molecule has 0 saturated carbocycles.